The van der Waals surface area contributed by atoms with E-state index in [0.717, 1.165) is 25.0 Å². The van der Waals surface area contributed by atoms with E-state index in [-0.39, 0.29) is 0 Å². The summed E-state index contributed by atoms with van der Waals surface area (Å²) < 4.78 is 6.10. The van der Waals surface area contributed by atoms with Crippen LogP contribution in [0.1, 0.15) is 57.8 Å². The lowest BCUT2D eigenvalue weighted by Crippen LogP contribution is -2.45. The zero-order chi connectivity index (χ0) is 11.7. The van der Waals surface area contributed by atoms with Crippen molar-refractivity contribution in [3.63, 3.8) is 0 Å². The van der Waals surface area contributed by atoms with Crippen molar-refractivity contribution in [1.29, 1.82) is 0 Å². The van der Waals surface area contributed by atoms with Crippen molar-refractivity contribution in [1.82, 2.24) is 0 Å². The molecular formula is C15H27NO. The molecule has 0 bridgehead atoms. The summed E-state index contributed by atoms with van der Waals surface area (Å²) >= 11 is 0. The standard InChI is InChI=1S/C15H27NO/c16-11-15(13-5-3-1-2-4-6-13)9-10-17-14(15)12-7-8-12/h12-14H,1-11,16H2. The van der Waals surface area contributed by atoms with Gasteiger partial charge in [0.15, 0.2) is 0 Å². The molecule has 17 heavy (non-hydrogen) atoms. The van der Waals surface area contributed by atoms with Gasteiger partial charge in [0.1, 0.15) is 0 Å². The van der Waals surface area contributed by atoms with Crippen LogP contribution in [-0.4, -0.2) is 19.3 Å². The summed E-state index contributed by atoms with van der Waals surface area (Å²) in [7, 11) is 0. The third-order valence-electron chi connectivity index (χ3n) is 5.53. The van der Waals surface area contributed by atoms with Gasteiger partial charge in [0, 0.05) is 18.6 Å². The maximum absolute atomic E-state index is 6.23. The molecule has 3 aliphatic rings. The van der Waals surface area contributed by atoms with Crippen molar-refractivity contribution in [2.45, 2.75) is 63.9 Å². The number of nitrogens with two attached hydrogens (primary N) is 1. The summed E-state index contributed by atoms with van der Waals surface area (Å²) in [4.78, 5) is 0. The highest BCUT2D eigenvalue weighted by Crippen LogP contribution is 2.53. The first-order valence-electron chi connectivity index (χ1n) is 7.68. The van der Waals surface area contributed by atoms with Crippen molar-refractivity contribution < 1.29 is 4.74 Å². The maximum Gasteiger partial charge on any atom is 0.0674 e. The Morgan fingerprint density at radius 3 is 2.29 bits per heavy atom. The van der Waals surface area contributed by atoms with E-state index in [2.05, 4.69) is 0 Å². The minimum atomic E-state index is 0.353. The third kappa shape index (κ3) is 2.15. The van der Waals surface area contributed by atoms with Gasteiger partial charge < -0.3 is 10.5 Å². The van der Waals surface area contributed by atoms with E-state index in [1.54, 1.807) is 0 Å². The second-order valence-electron chi connectivity index (χ2n) is 6.50. The second kappa shape index (κ2) is 4.89. The fourth-order valence-electron chi connectivity index (χ4n) is 4.36. The molecule has 2 atom stereocenters. The highest BCUT2D eigenvalue weighted by molar-refractivity contribution is 5.03. The first-order valence-corrected chi connectivity index (χ1v) is 7.68. The number of hydrogen-bond donors (Lipinski definition) is 1. The van der Waals surface area contributed by atoms with Crippen LogP contribution in [-0.2, 0) is 4.74 Å². The van der Waals surface area contributed by atoms with E-state index in [0.29, 0.717) is 11.5 Å². The molecule has 98 valence electrons. The molecule has 2 heteroatoms. The van der Waals surface area contributed by atoms with Crippen molar-refractivity contribution >= 4 is 0 Å². The molecule has 0 aromatic rings. The van der Waals surface area contributed by atoms with Gasteiger partial charge in [0.2, 0.25) is 0 Å². The highest BCUT2D eigenvalue weighted by Gasteiger charge is 2.53. The van der Waals surface area contributed by atoms with Crippen LogP contribution in [0.4, 0.5) is 0 Å². The van der Waals surface area contributed by atoms with Gasteiger partial charge in [-0.25, -0.2) is 0 Å². The molecule has 0 aromatic carbocycles. The van der Waals surface area contributed by atoms with Gasteiger partial charge in [-0.05, 0) is 43.9 Å². The van der Waals surface area contributed by atoms with Gasteiger partial charge in [0.25, 0.3) is 0 Å². The van der Waals surface area contributed by atoms with Crippen molar-refractivity contribution in [3.8, 4) is 0 Å². The molecule has 3 fully saturated rings. The molecule has 0 aromatic heterocycles. The van der Waals surface area contributed by atoms with E-state index >= 15 is 0 Å². The average Bonchev–Trinajstić information content (AvgIpc) is 3.15. The Morgan fingerprint density at radius 2 is 1.71 bits per heavy atom. The van der Waals surface area contributed by atoms with Crippen molar-refractivity contribution in [2.24, 2.45) is 23.0 Å². The number of hydrogen-bond acceptors (Lipinski definition) is 2. The molecule has 2 aliphatic carbocycles. The highest BCUT2D eigenvalue weighted by atomic mass is 16.5. The predicted octanol–water partition coefficient (Wildman–Crippen LogP) is 3.10. The van der Waals surface area contributed by atoms with Gasteiger partial charge >= 0.3 is 0 Å². The second-order valence-corrected chi connectivity index (χ2v) is 6.50. The minimum Gasteiger partial charge on any atom is -0.377 e. The van der Waals surface area contributed by atoms with Gasteiger partial charge in [0.05, 0.1) is 6.10 Å². The zero-order valence-corrected chi connectivity index (χ0v) is 11.0. The SMILES string of the molecule is NCC1(C2CCCCCC2)CCOC1C1CC1. The Morgan fingerprint density at radius 1 is 1.00 bits per heavy atom. The smallest absolute Gasteiger partial charge is 0.0674 e. The van der Waals surface area contributed by atoms with Crippen LogP contribution in [0.25, 0.3) is 0 Å². The molecular weight excluding hydrogens is 210 g/mol. The van der Waals surface area contributed by atoms with Crippen molar-refractivity contribution in [3.05, 3.63) is 0 Å². The lowest BCUT2D eigenvalue weighted by molar-refractivity contribution is -0.000486. The molecule has 0 radical (unpaired) electrons. The van der Waals surface area contributed by atoms with Gasteiger partial charge in [-0.3, -0.25) is 0 Å². The summed E-state index contributed by atoms with van der Waals surface area (Å²) in [6.45, 7) is 1.83. The largest absolute Gasteiger partial charge is 0.377 e. The maximum atomic E-state index is 6.23. The summed E-state index contributed by atoms with van der Waals surface area (Å²) in [5.41, 5.74) is 6.58. The van der Waals surface area contributed by atoms with Gasteiger partial charge in [-0.15, -0.1) is 0 Å². The zero-order valence-electron chi connectivity index (χ0n) is 11.0. The van der Waals surface area contributed by atoms with Gasteiger partial charge in [-0.2, -0.15) is 0 Å². The molecule has 2 unspecified atom stereocenters. The van der Waals surface area contributed by atoms with E-state index in [9.17, 15) is 0 Å². The summed E-state index contributed by atoms with van der Waals surface area (Å²) in [5.74, 6) is 1.70. The Bertz CT molecular complexity index is 256. The van der Waals surface area contributed by atoms with Crippen LogP contribution >= 0.6 is 0 Å². The van der Waals surface area contributed by atoms with Crippen LogP contribution in [0, 0.1) is 17.3 Å². The number of ether oxygens (including phenoxy) is 1. The Balaban J connectivity index is 1.78. The normalized spacial score (nSPS) is 40.4. The molecule has 3 rings (SSSR count). The molecule has 2 N–H and O–H groups in total. The minimum absolute atomic E-state index is 0.353. The first kappa shape index (κ1) is 12.0. The Labute approximate surface area is 105 Å². The summed E-state index contributed by atoms with van der Waals surface area (Å²) in [6.07, 6.45) is 13.0. The van der Waals surface area contributed by atoms with E-state index < -0.39 is 0 Å². The molecule has 1 heterocycles. The predicted molar refractivity (Wildman–Crippen MR) is 69.8 cm³/mol. The molecule has 1 aliphatic heterocycles. The van der Waals surface area contributed by atoms with Crippen LogP contribution in [0.3, 0.4) is 0 Å². The summed E-state index contributed by atoms with van der Waals surface area (Å²) in [5, 5.41) is 0. The Kier molecular flexibility index (Phi) is 3.45. The molecule has 1 saturated heterocycles. The average molecular weight is 237 g/mol. The summed E-state index contributed by atoms with van der Waals surface area (Å²) in [6, 6.07) is 0. The quantitative estimate of drug-likeness (QED) is 0.766. The monoisotopic (exact) mass is 237 g/mol. The molecule has 2 nitrogen and oxygen atoms in total. The fraction of sp³-hybridized carbons (Fsp3) is 1.00. The van der Waals surface area contributed by atoms with E-state index in [1.807, 2.05) is 0 Å². The van der Waals surface area contributed by atoms with Crippen LogP contribution in [0.5, 0.6) is 0 Å². The molecule has 2 saturated carbocycles. The lowest BCUT2D eigenvalue weighted by Gasteiger charge is -2.40. The van der Waals surface area contributed by atoms with Crippen LogP contribution in [0.15, 0.2) is 0 Å². The third-order valence-corrected chi connectivity index (χ3v) is 5.53. The topological polar surface area (TPSA) is 35.2 Å². The Hall–Kier alpha value is -0.0800. The van der Waals surface area contributed by atoms with Crippen LogP contribution < -0.4 is 5.73 Å². The number of rotatable bonds is 3. The molecule has 0 spiro atoms. The fourth-order valence-corrected chi connectivity index (χ4v) is 4.36. The van der Waals surface area contributed by atoms with Crippen LogP contribution in [0.2, 0.25) is 0 Å². The lowest BCUT2D eigenvalue weighted by atomic mass is 9.66. The van der Waals surface area contributed by atoms with E-state index in [1.165, 1.54) is 57.8 Å². The van der Waals surface area contributed by atoms with Gasteiger partial charge in [-0.1, -0.05) is 25.7 Å². The van der Waals surface area contributed by atoms with E-state index in [4.69, 9.17) is 10.5 Å². The molecule has 0 amide bonds. The van der Waals surface area contributed by atoms with Crippen molar-refractivity contribution in [2.75, 3.05) is 13.2 Å². The first-order chi connectivity index (χ1) is 8.37.